The highest BCUT2D eigenvalue weighted by Gasteiger charge is 2.24. The van der Waals surface area contributed by atoms with Gasteiger partial charge in [0.1, 0.15) is 5.37 Å². The van der Waals surface area contributed by atoms with Crippen LogP contribution < -0.4 is 11.2 Å². The topological polar surface area (TPSA) is 61.5 Å². The molecule has 0 aromatic rings. The number of hydrogen-bond donors (Lipinski definition) is 3. The minimum Gasteiger partial charge on any atom is -0.390 e. The highest BCUT2D eigenvalue weighted by atomic mass is 32.2. The second-order valence-corrected chi connectivity index (χ2v) is 5.61. The lowest BCUT2D eigenvalue weighted by atomic mass is 9.98. The van der Waals surface area contributed by atoms with Crippen LogP contribution in [0.1, 0.15) is 32.1 Å². The SMILES string of the molecule is NN1CCCCC1CCC(O)C1NC=CS1. The fourth-order valence-electron chi connectivity index (χ4n) is 2.35. The number of nitrogens with two attached hydrogens (primary N) is 1. The van der Waals surface area contributed by atoms with E-state index < -0.39 is 0 Å². The Morgan fingerprint density at radius 2 is 2.44 bits per heavy atom. The maximum Gasteiger partial charge on any atom is 0.102 e. The predicted octanol–water partition coefficient (Wildman–Crippen LogP) is 0.989. The van der Waals surface area contributed by atoms with Gasteiger partial charge in [0.25, 0.3) is 0 Å². The van der Waals surface area contributed by atoms with E-state index in [0.717, 1.165) is 19.4 Å². The van der Waals surface area contributed by atoms with Gasteiger partial charge in [-0.25, -0.2) is 5.01 Å². The third kappa shape index (κ3) is 3.13. The van der Waals surface area contributed by atoms with Crippen molar-refractivity contribution in [2.45, 2.75) is 49.6 Å². The zero-order valence-electron chi connectivity index (χ0n) is 9.51. The zero-order valence-corrected chi connectivity index (χ0v) is 10.3. The predicted molar refractivity (Wildman–Crippen MR) is 67.4 cm³/mol. The molecule has 0 aliphatic carbocycles. The summed E-state index contributed by atoms with van der Waals surface area (Å²) in [6.07, 6.45) is 7.09. The van der Waals surface area contributed by atoms with Crippen LogP contribution in [0.3, 0.4) is 0 Å². The Hall–Kier alpha value is -0.230. The maximum atomic E-state index is 9.98. The molecule has 1 saturated heterocycles. The van der Waals surface area contributed by atoms with Crippen molar-refractivity contribution in [1.29, 1.82) is 0 Å². The van der Waals surface area contributed by atoms with E-state index in [9.17, 15) is 5.11 Å². The average Bonchev–Trinajstić information content (AvgIpc) is 2.81. The molecule has 2 aliphatic heterocycles. The van der Waals surface area contributed by atoms with Gasteiger partial charge in [0.2, 0.25) is 0 Å². The second kappa shape index (κ2) is 5.91. The Bertz CT molecular complexity index is 241. The van der Waals surface area contributed by atoms with E-state index in [-0.39, 0.29) is 11.5 Å². The number of aliphatic hydroxyl groups is 1. The fourth-order valence-corrected chi connectivity index (χ4v) is 3.15. The number of rotatable bonds is 4. The van der Waals surface area contributed by atoms with Crippen LogP contribution in [0.2, 0.25) is 0 Å². The monoisotopic (exact) mass is 243 g/mol. The van der Waals surface area contributed by atoms with E-state index in [1.165, 1.54) is 19.3 Å². The van der Waals surface area contributed by atoms with Gasteiger partial charge >= 0.3 is 0 Å². The molecule has 0 radical (unpaired) electrons. The summed E-state index contributed by atoms with van der Waals surface area (Å²) in [5, 5.41) is 17.2. The molecule has 4 N–H and O–H groups in total. The summed E-state index contributed by atoms with van der Waals surface area (Å²) < 4.78 is 0. The van der Waals surface area contributed by atoms with Crippen LogP contribution in [-0.4, -0.2) is 34.2 Å². The average molecular weight is 243 g/mol. The van der Waals surface area contributed by atoms with Gasteiger partial charge in [-0.3, -0.25) is 5.84 Å². The number of nitrogens with one attached hydrogen (secondary N) is 1. The number of hydrogen-bond acceptors (Lipinski definition) is 5. The molecule has 0 amide bonds. The Morgan fingerprint density at radius 1 is 1.56 bits per heavy atom. The summed E-state index contributed by atoms with van der Waals surface area (Å²) in [5.74, 6) is 5.94. The van der Waals surface area contributed by atoms with Crippen molar-refractivity contribution >= 4 is 11.8 Å². The van der Waals surface area contributed by atoms with Gasteiger partial charge in [-0.1, -0.05) is 6.42 Å². The lowest BCUT2D eigenvalue weighted by molar-refractivity contribution is 0.105. The number of thioether (sulfide) groups is 1. The molecule has 2 aliphatic rings. The summed E-state index contributed by atoms with van der Waals surface area (Å²) in [5.41, 5.74) is 0. The first-order chi connectivity index (χ1) is 7.77. The Labute approximate surface area is 101 Å². The summed E-state index contributed by atoms with van der Waals surface area (Å²) in [6.45, 7) is 0.999. The largest absolute Gasteiger partial charge is 0.390 e. The van der Waals surface area contributed by atoms with Crippen molar-refractivity contribution in [3.8, 4) is 0 Å². The molecule has 0 bridgehead atoms. The van der Waals surface area contributed by atoms with Gasteiger partial charge in [0, 0.05) is 18.8 Å². The van der Waals surface area contributed by atoms with E-state index in [0.29, 0.717) is 6.04 Å². The number of nitrogens with zero attached hydrogens (tertiary/aromatic N) is 1. The highest BCUT2D eigenvalue weighted by Crippen LogP contribution is 2.24. The van der Waals surface area contributed by atoms with Crippen LogP contribution in [0.4, 0.5) is 0 Å². The standard InChI is InChI=1S/C11H21N3OS/c12-14-7-2-1-3-9(14)4-5-10(15)11-13-6-8-16-11/h6,8-11,13,15H,1-5,7,12H2. The van der Waals surface area contributed by atoms with Crippen molar-refractivity contribution < 1.29 is 5.11 Å². The van der Waals surface area contributed by atoms with Crippen molar-refractivity contribution in [1.82, 2.24) is 10.3 Å². The van der Waals surface area contributed by atoms with Gasteiger partial charge in [-0.2, -0.15) is 0 Å². The van der Waals surface area contributed by atoms with Crippen LogP contribution in [0, 0.1) is 0 Å². The lowest BCUT2D eigenvalue weighted by Crippen LogP contribution is -2.45. The third-order valence-corrected chi connectivity index (χ3v) is 4.41. The molecule has 3 unspecified atom stereocenters. The molecule has 3 atom stereocenters. The highest BCUT2D eigenvalue weighted by molar-refractivity contribution is 8.02. The minimum atomic E-state index is -0.282. The van der Waals surface area contributed by atoms with Gasteiger partial charge < -0.3 is 10.4 Å². The van der Waals surface area contributed by atoms with Crippen molar-refractivity contribution in [2.24, 2.45) is 5.84 Å². The molecule has 92 valence electrons. The maximum absolute atomic E-state index is 9.98. The molecule has 0 aromatic heterocycles. The second-order valence-electron chi connectivity index (χ2n) is 4.56. The van der Waals surface area contributed by atoms with Gasteiger partial charge in [0.15, 0.2) is 0 Å². The Kier molecular flexibility index (Phi) is 4.52. The van der Waals surface area contributed by atoms with Crippen molar-refractivity contribution in [2.75, 3.05) is 6.54 Å². The zero-order chi connectivity index (χ0) is 11.4. The first-order valence-electron chi connectivity index (χ1n) is 6.03. The number of aliphatic hydroxyl groups excluding tert-OH is 1. The summed E-state index contributed by atoms with van der Waals surface area (Å²) >= 11 is 1.65. The molecule has 2 heterocycles. The van der Waals surface area contributed by atoms with Gasteiger partial charge in [-0.05, 0) is 31.1 Å². The van der Waals surface area contributed by atoms with Crippen molar-refractivity contribution in [3.05, 3.63) is 11.6 Å². The molecular weight excluding hydrogens is 222 g/mol. The molecular formula is C11H21N3OS. The molecule has 0 spiro atoms. The first kappa shape index (κ1) is 12.2. The molecule has 4 nitrogen and oxygen atoms in total. The summed E-state index contributed by atoms with van der Waals surface area (Å²) in [6, 6.07) is 0.461. The molecule has 0 saturated carbocycles. The van der Waals surface area contributed by atoms with E-state index in [1.54, 1.807) is 11.8 Å². The summed E-state index contributed by atoms with van der Waals surface area (Å²) in [4.78, 5) is 0. The Morgan fingerprint density at radius 3 is 3.12 bits per heavy atom. The normalized spacial score (nSPS) is 32.6. The molecule has 16 heavy (non-hydrogen) atoms. The number of hydrazine groups is 1. The lowest BCUT2D eigenvalue weighted by Gasteiger charge is -2.32. The van der Waals surface area contributed by atoms with Crippen LogP contribution in [0.25, 0.3) is 0 Å². The van der Waals surface area contributed by atoms with Crippen LogP contribution in [0.5, 0.6) is 0 Å². The Balaban J connectivity index is 1.69. The summed E-state index contributed by atoms with van der Waals surface area (Å²) in [7, 11) is 0. The fraction of sp³-hybridized carbons (Fsp3) is 0.818. The van der Waals surface area contributed by atoms with E-state index >= 15 is 0 Å². The first-order valence-corrected chi connectivity index (χ1v) is 6.97. The number of piperidine rings is 1. The van der Waals surface area contributed by atoms with Crippen LogP contribution in [0.15, 0.2) is 11.6 Å². The van der Waals surface area contributed by atoms with Crippen LogP contribution in [-0.2, 0) is 0 Å². The van der Waals surface area contributed by atoms with E-state index in [2.05, 4.69) is 5.32 Å². The minimum absolute atomic E-state index is 0.134. The quantitative estimate of drug-likeness (QED) is 0.643. The molecule has 5 heteroatoms. The third-order valence-electron chi connectivity index (χ3n) is 3.37. The molecule has 2 rings (SSSR count). The van der Waals surface area contributed by atoms with Crippen LogP contribution >= 0.6 is 11.8 Å². The van der Waals surface area contributed by atoms with Gasteiger partial charge in [-0.15, -0.1) is 11.8 Å². The van der Waals surface area contributed by atoms with E-state index in [4.69, 9.17) is 5.84 Å². The van der Waals surface area contributed by atoms with Crippen molar-refractivity contribution in [3.63, 3.8) is 0 Å². The molecule has 1 fully saturated rings. The van der Waals surface area contributed by atoms with E-state index in [1.807, 2.05) is 16.6 Å². The van der Waals surface area contributed by atoms with Gasteiger partial charge in [0.05, 0.1) is 6.10 Å². The smallest absolute Gasteiger partial charge is 0.102 e. The molecule has 0 aromatic carbocycles.